The van der Waals surface area contributed by atoms with Crippen molar-refractivity contribution in [3.05, 3.63) is 81.2 Å². The molecule has 1 atom stereocenters. The predicted molar refractivity (Wildman–Crippen MR) is 128 cm³/mol. The molecule has 3 heterocycles. The van der Waals surface area contributed by atoms with Crippen LogP contribution in [-0.4, -0.2) is 32.3 Å². The SMILES string of the molecule is C=C1CC(c2nc3cccc(C)c3[nH]2)N(C(=O)c2nc(C)sc2-c2ccc(Br)cc2)C1. The van der Waals surface area contributed by atoms with Gasteiger partial charge in [-0.25, -0.2) is 9.97 Å². The molecular weight excluding hydrogens is 472 g/mol. The summed E-state index contributed by atoms with van der Waals surface area (Å²) in [5.74, 6) is 0.719. The fourth-order valence-electron chi connectivity index (χ4n) is 4.11. The van der Waals surface area contributed by atoms with Crippen LogP contribution in [0.5, 0.6) is 0 Å². The number of carbonyl (C=O) groups excluding carboxylic acids is 1. The Morgan fingerprint density at radius 1 is 1.19 bits per heavy atom. The van der Waals surface area contributed by atoms with Gasteiger partial charge in [-0.05, 0) is 49.6 Å². The van der Waals surface area contributed by atoms with Crippen molar-refractivity contribution in [3.8, 4) is 10.4 Å². The van der Waals surface area contributed by atoms with Crippen LogP contribution in [0.15, 0.2) is 59.1 Å². The van der Waals surface area contributed by atoms with Crippen LogP contribution in [0.3, 0.4) is 0 Å². The number of imidazole rings is 1. The van der Waals surface area contributed by atoms with E-state index in [0.29, 0.717) is 18.7 Å². The Hall–Kier alpha value is -2.77. The fourth-order valence-corrected chi connectivity index (χ4v) is 5.29. The number of amides is 1. The number of benzene rings is 2. The maximum Gasteiger partial charge on any atom is 0.274 e. The second-order valence-corrected chi connectivity index (χ2v) is 10.0. The number of aromatic nitrogens is 3. The Morgan fingerprint density at radius 2 is 1.97 bits per heavy atom. The molecule has 5 nitrogen and oxygen atoms in total. The molecule has 31 heavy (non-hydrogen) atoms. The zero-order chi connectivity index (χ0) is 21.7. The molecule has 1 aliphatic rings. The number of fused-ring (bicyclic) bond motifs is 1. The lowest BCUT2D eigenvalue weighted by Gasteiger charge is -2.22. The van der Waals surface area contributed by atoms with Crippen molar-refractivity contribution < 1.29 is 4.79 Å². The normalized spacial score (nSPS) is 16.4. The molecule has 1 saturated heterocycles. The highest BCUT2D eigenvalue weighted by Gasteiger charge is 2.36. The van der Waals surface area contributed by atoms with Crippen LogP contribution < -0.4 is 0 Å². The van der Waals surface area contributed by atoms with Crippen molar-refractivity contribution in [1.82, 2.24) is 19.9 Å². The molecule has 2 aromatic carbocycles. The van der Waals surface area contributed by atoms with Crippen molar-refractivity contribution in [2.45, 2.75) is 26.3 Å². The highest BCUT2D eigenvalue weighted by Crippen LogP contribution is 2.38. The number of nitrogens with zero attached hydrogens (tertiary/aromatic N) is 3. The van der Waals surface area contributed by atoms with E-state index in [1.165, 1.54) is 0 Å². The van der Waals surface area contributed by atoms with E-state index in [0.717, 1.165) is 47.9 Å². The molecule has 1 N–H and O–H groups in total. The smallest absolute Gasteiger partial charge is 0.274 e. The summed E-state index contributed by atoms with van der Waals surface area (Å²) in [6.45, 7) is 8.67. The molecule has 0 bridgehead atoms. The number of carbonyl (C=O) groups is 1. The number of H-pyrrole nitrogens is 1. The van der Waals surface area contributed by atoms with Gasteiger partial charge in [-0.3, -0.25) is 4.79 Å². The monoisotopic (exact) mass is 492 g/mol. The second kappa shape index (κ2) is 7.73. The number of nitrogens with one attached hydrogen (secondary N) is 1. The molecule has 0 spiro atoms. The van der Waals surface area contributed by atoms with Gasteiger partial charge < -0.3 is 9.88 Å². The van der Waals surface area contributed by atoms with Crippen molar-refractivity contribution in [3.63, 3.8) is 0 Å². The molecule has 1 amide bonds. The molecule has 7 heteroatoms. The largest absolute Gasteiger partial charge is 0.340 e. The van der Waals surface area contributed by atoms with Crippen molar-refractivity contribution in [2.24, 2.45) is 0 Å². The summed E-state index contributed by atoms with van der Waals surface area (Å²) >= 11 is 5.02. The highest BCUT2D eigenvalue weighted by molar-refractivity contribution is 9.10. The van der Waals surface area contributed by atoms with Gasteiger partial charge in [0.1, 0.15) is 11.5 Å². The Labute approximate surface area is 193 Å². The minimum absolute atomic E-state index is 0.0805. The van der Waals surface area contributed by atoms with Crippen LogP contribution in [0, 0.1) is 13.8 Å². The third-order valence-corrected chi connectivity index (χ3v) is 7.17. The van der Waals surface area contributed by atoms with E-state index < -0.39 is 0 Å². The van der Waals surface area contributed by atoms with E-state index >= 15 is 0 Å². The number of hydrogen-bond acceptors (Lipinski definition) is 4. The van der Waals surface area contributed by atoms with E-state index in [9.17, 15) is 4.79 Å². The van der Waals surface area contributed by atoms with Crippen LogP contribution in [0.1, 0.15) is 39.3 Å². The number of hydrogen-bond donors (Lipinski definition) is 1. The van der Waals surface area contributed by atoms with Gasteiger partial charge in [0.15, 0.2) is 0 Å². The van der Waals surface area contributed by atoms with Gasteiger partial charge in [-0.2, -0.15) is 0 Å². The van der Waals surface area contributed by atoms with Gasteiger partial charge in [-0.1, -0.05) is 52.3 Å². The average molecular weight is 493 g/mol. The molecule has 0 aliphatic carbocycles. The molecule has 1 aliphatic heterocycles. The molecule has 4 aromatic rings. The molecule has 156 valence electrons. The second-order valence-electron chi connectivity index (χ2n) is 7.91. The first-order chi connectivity index (χ1) is 14.9. The summed E-state index contributed by atoms with van der Waals surface area (Å²) in [5, 5.41) is 0.871. The molecular formula is C24H21BrN4OS. The van der Waals surface area contributed by atoms with Gasteiger partial charge >= 0.3 is 0 Å². The number of aryl methyl sites for hydroxylation is 2. The van der Waals surface area contributed by atoms with Crippen LogP contribution >= 0.6 is 27.3 Å². The van der Waals surface area contributed by atoms with Gasteiger partial charge in [-0.15, -0.1) is 11.3 Å². The molecule has 0 radical (unpaired) electrons. The fraction of sp³-hybridized carbons (Fsp3) is 0.208. The van der Waals surface area contributed by atoms with E-state index in [2.05, 4.69) is 45.5 Å². The summed E-state index contributed by atoms with van der Waals surface area (Å²) in [4.78, 5) is 29.3. The third kappa shape index (κ3) is 3.62. The maximum atomic E-state index is 13.7. The lowest BCUT2D eigenvalue weighted by Crippen LogP contribution is -2.31. The Balaban J connectivity index is 1.54. The van der Waals surface area contributed by atoms with E-state index in [1.807, 2.05) is 48.2 Å². The van der Waals surface area contributed by atoms with Gasteiger partial charge in [0.2, 0.25) is 0 Å². The van der Waals surface area contributed by atoms with E-state index in [-0.39, 0.29) is 11.9 Å². The minimum atomic E-state index is -0.174. The van der Waals surface area contributed by atoms with Crippen molar-refractivity contribution >= 4 is 44.2 Å². The van der Waals surface area contributed by atoms with Crippen molar-refractivity contribution in [1.29, 1.82) is 0 Å². The van der Waals surface area contributed by atoms with E-state index in [4.69, 9.17) is 4.98 Å². The molecule has 1 fully saturated rings. The number of para-hydroxylation sites is 1. The maximum absolute atomic E-state index is 13.7. The molecule has 2 aromatic heterocycles. The van der Waals surface area contributed by atoms with Crippen LogP contribution in [0.2, 0.25) is 0 Å². The quantitative estimate of drug-likeness (QED) is 0.345. The first kappa shape index (κ1) is 20.2. The number of halogens is 1. The number of aromatic amines is 1. The van der Waals surface area contributed by atoms with E-state index in [1.54, 1.807) is 11.3 Å². The van der Waals surface area contributed by atoms with Crippen LogP contribution in [0.25, 0.3) is 21.5 Å². The first-order valence-electron chi connectivity index (χ1n) is 10.1. The van der Waals surface area contributed by atoms with Gasteiger partial charge in [0.25, 0.3) is 5.91 Å². The summed E-state index contributed by atoms with van der Waals surface area (Å²) in [7, 11) is 0. The zero-order valence-electron chi connectivity index (χ0n) is 17.3. The standard InChI is InChI=1S/C24H21BrN4OS/c1-13-11-19(23-27-18-6-4-5-14(2)20(18)28-23)29(12-13)24(30)21-22(31-15(3)26-21)16-7-9-17(25)10-8-16/h4-10,19H,1,11-12H2,2-3H3,(H,27,28). The van der Waals surface area contributed by atoms with Crippen LogP contribution in [0.4, 0.5) is 0 Å². The summed E-state index contributed by atoms with van der Waals surface area (Å²) in [6, 6.07) is 13.9. The lowest BCUT2D eigenvalue weighted by atomic mass is 10.1. The minimum Gasteiger partial charge on any atom is -0.340 e. The molecule has 1 unspecified atom stereocenters. The lowest BCUT2D eigenvalue weighted by molar-refractivity contribution is 0.0728. The summed E-state index contributed by atoms with van der Waals surface area (Å²) < 4.78 is 1.00. The zero-order valence-corrected chi connectivity index (χ0v) is 19.7. The number of likely N-dealkylation sites (tertiary alicyclic amines) is 1. The predicted octanol–water partition coefficient (Wildman–Crippen LogP) is 6.21. The third-order valence-electron chi connectivity index (χ3n) is 5.62. The molecule has 5 rings (SSSR count). The number of rotatable bonds is 3. The Bertz CT molecular complexity index is 1320. The highest BCUT2D eigenvalue weighted by atomic mass is 79.9. The average Bonchev–Trinajstić information content (AvgIpc) is 3.45. The molecule has 0 saturated carbocycles. The van der Waals surface area contributed by atoms with Gasteiger partial charge in [0, 0.05) is 11.0 Å². The van der Waals surface area contributed by atoms with Crippen LogP contribution in [-0.2, 0) is 0 Å². The number of thiazole rings is 1. The summed E-state index contributed by atoms with van der Waals surface area (Å²) in [6.07, 6.45) is 0.696. The first-order valence-corrected chi connectivity index (χ1v) is 11.7. The Morgan fingerprint density at radius 3 is 2.71 bits per heavy atom. The topological polar surface area (TPSA) is 61.9 Å². The summed E-state index contributed by atoms with van der Waals surface area (Å²) in [5.41, 5.74) is 5.58. The van der Waals surface area contributed by atoms with Gasteiger partial charge in [0.05, 0.1) is 27.0 Å². The van der Waals surface area contributed by atoms with Crippen molar-refractivity contribution in [2.75, 3.05) is 6.54 Å². The Kier molecular flexibility index (Phi) is 5.02.